The molecule has 0 radical (unpaired) electrons. The van der Waals surface area contributed by atoms with Gasteiger partial charge in [-0.2, -0.15) is 0 Å². The van der Waals surface area contributed by atoms with Crippen molar-refractivity contribution in [1.29, 1.82) is 0 Å². The summed E-state index contributed by atoms with van der Waals surface area (Å²) in [6.45, 7) is 3.92. The lowest BCUT2D eigenvalue weighted by atomic mass is 10.1. The molecule has 0 saturated carbocycles. The molecule has 0 heterocycles. The predicted octanol–water partition coefficient (Wildman–Crippen LogP) is 2.49. The van der Waals surface area contributed by atoms with Crippen LogP contribution in [0.15, 0.2) is 47.4 Å². The van der Waals surface area contributed by atoms with Crippen LogP contribution in [-0.2, 0) is 10.0 Å². The van der Waals surface area contributed by atoms with E-state index in [0.717, 1.165) is 0 Å². The molecular weight excluding hydrogens is 368 g/mol. The number of benzene rings is 2. The van der Waals surface area contributed by atoms with Gasteiger partial charge in [0.05, 0.1) is 24.7 Å². The van der Waals surface area contributed by atoms with Crippen LogP contribution in [0.1, 0.15) is 35.8 Å². The number of ether oxygens (including phenoxy) is 2. The third-order valence-corrected chi connectivity index (χ3v) is 5.54. The van der Waals surface area contributed by atoms with Gasteiger partial charge in [0.2, 0.25) is 10.0 Å². The standard InChI is InChI=1S/C19H24N2O5S/c1-5-20-19(22)16-12-14(10-11-18(16)26-4)27(23,24)21-13(2)15-8-6-7-9-17(15)25-3/h6-13,21H,5H2,1-4H3,(H,20,22). The van der Waals surface area contributed by atoms with Crippen molar-refractivity contribution in [3.63, 3.8) is 0 Å². The third-order valence-electron chi connectivity index (χ3n) is 4.00. The molecule has 146 valence electrons. The molecule has 8 heteroatoms. The summed E-state index contributed by atoms with van der Waals surface area (Å²) in [4.78, 5) is 12.2. The molecule has 0 aliphatic heterocycles. The van der Waals surface area contributed by atoms with Gasteiger partial charge in [-0.25, -0.2) is 13.1 Å². The Morgan fingerprint density at radius 2 is 1.74 bits per heavy atom. The summed E-state index contributed by atoms with van der Waals surface area (Å²) in [5, 5.41) is 2.65. The van der Waals surface area contributed by atoms with Crippen molar-refractivity contribution in [2.24, 2.45) is 0 Å². The minimum Gasteiger partial charge on any atom is -0.496 e. The number of methoxy groups -OCH3 is 2. The Bertz CT molecular complexity index is 912. The zero-order valence-corrected chi connectivity index (χ0v) is 16.6. The quantitative estimate of drug-likeness (QED) is 0.720. The number of carbonyl (C=O) groups is 1. The van der Waals surface area contributed by atoms with Crippen LogP contribution < -0.4 is 19.5 Å². The summed E-state index contributed by atoms with van der Waals surface area (Å²) in [7, 11) is -0.915. The van der Waals surface area contributed by atoms with Crippen LogP contribution in [0.25, 0.3) is 0 Å². The van der Waals surface area contributed by atoms with Crippen molar-refractivity contribution in [3.05, 3.63) is 53.6 Å². The second kappa shape index (κ2) is 8.88. The molecule has 0 aliphatic rings. The van der Waals surface area contributed by atoms with Crippen LogP contribution in [-0.4, -0.2) is 35.1 Å². The van der Waals surface area contributed by atoms with E-state index < -0.39 is 22.0 Å². The van der Waals surface area contributed by atoms with Crippen LogP contribution in [0.2, 0.25) is 0 Å². The Morgan fingerprint density at radius 1 is 1.07 bits per heavy atom. The van der Waals surface area contributed by atoms with Crippen molar-refractivity contribution in [1.82, 2.24) is 10.0 Å². The maximum Gasteiger partial charge on any atom is 0.255 e. The van der Waals surface area contributed by atoms with Gasteiger partial charge < -0.3 is 14.8 Å². The molecule has 1 amide bonds. The van der Waals surface area contributed by atoms with Gasteiger partial charge in [-0.05, 0) is 38.1 Å². The predicted molar refractivity (Wildman–Crippen MR) is 103 cm³/mol. The van der Waals surface area contributed by atoms with E-state index in [0.29, 0.717) is 23.6 Å². The topological polar surface area (TPSA) is 93.7 Å². The van der Waals surface area contributed by atoms with Crippen molar-refractivity contribution < 1.29 is 22.7 Å². The average molecular weight is 392 g/mol. The molecule has 2 rings (SSSR count). The SMILES string of the molecule is CCNC(=O)c1cc(S(=O)(=O)NC(C)c2ccccc2OC)ccc1OC. The summed E-state index contributed by atoms with van der Waals surface area (Å²) in [5.41, 5.74) is 0.869. The second-order valence-corrected chi connectivity index (χ2v) is 7.52. The smallest absolute Gasteiger partial charge is 0.255 e. The van der Waals surface area contributed by atoms with Gasteiger partial charge in [-0.3, -0.25) is 4.79 Å². The summed E-state index contributed by atoms with van der Waals surface area (Å²) < 4.78 is 38.7. The number of hydrogen-bond acceptors (Lipinski definition) is 5. The highest BCUT2D eigenvalue weighted by molar-refractivity contribution is 7.89. The van der Waals surface area contributed by atoms with E-state index in [1.807, 2.05) is 12.1 Å². The fraction of sp³-hybridized carbons (Fsp3) is 0.316. The average Bonchev–Trinajstić information content (AvgIpc) is 2.67. The van der Waals surface area contributed by atoms with E-state index in [4.69, 9.17) is 9.47 Å². The molecule has 0 aliphatic carbocycles. The van der Waals surface area contributed by atoms with Gasteiger partial charge in [-0.1, -0.05) is 18.2 Å². The van der Waals surface area contributed by atoms with Crippen molar-refractivity contribution in [3.8, 4) is 11.5 Å². The number of rotatable bonds is 8. The molecule has 27 heavy (non-hydrogen) atoms. The fourth-order valence-electron chi connectivity index (χ4n) is 2.68. The lowest BCUT2D eigenvalue weighted by molar-refractivity contribution is 0.0952. The molecule has 0 saturated heterocycles. The van der Waals surface area contributed by atoms with Gasteiger partial charge in [0.1, 0.15) is 11.5 Å². The molecule has 0 fully saturated rings. The van der Waals surface area contributed by atoms with Gasteiger partial charge in [0.25, 0.3) is 5.91 Å². The molecule has 0 aromatic heterocycles. The Balaban J connectivity index is 2.36. The third kappa shape index (κ3) is 4.78. The van der Waals surface area contributed by atoms with E-state index in [2.05, 4.69) is 10.0 Å². The normalized spacial score (nSPS) is 12.3. The minimum atomic E-state index is -3.87. The van der Waals surface area contributed by atoms with Gasteiger partial charge in [0.15, 0.2) is 0 Å². The van der Waals surface area contributed by atoms with Crippen molar-refractivity contribution in [2.45, 2.75) is 24.8 Å². The van der Waals surface area contributed by atoms with Gasteiger partial charge in [-0.15, -0.1) is 0 Å². The summed E-state index contributed by atoms with van der Waals surface area (Å²) in [6, 6.07) is 10.8. The Morgan fingerprint density at radius 3 is 2.37 bits per heavy atom. The lowest BCUT2D eigenvalue weighted by Gasteiger charge is -2.18. The molecule has 2 N–H and O–H groups in total. The second-order valence-electron chi connectivity index (χ2n) is 5.81. The number of nitrogens with one attached hydrogen (secondary N) is 2. The first-order chi connectivity index (χ1) is 12.8. The Hall–Kier alpha value is -2.58. The van der Waals surface area contributed by atoms with Crippen LogP contribution >= 0.6 is 0 Å². The molecule has 2 aromatic rings. The lowest BCUT2D eigenvalue weighted by Crippen LogP contribution is -2.28. The minimum absolute atomic E-state index is 0.0219. The van der Waals surface area contributed by atoms with E-state index in [-0.39, 0.29) is 10.5 Å². The highest BCUT2D eigenvalue weighted by Gasteiger charge is 2.23. The molecule has 1 unspecified atom stereocenters. The van der Waals surface area contributed by atoms with Crippen LogP contribution in [0, 0.1) is 0 Å². The first-order valence-electron chi connectivity index (χ1n) is 8.45. The maximum atomic E-state index is 12.8. The highest BCUT2D eigenvalue weighted by atomic mass is 32.2. The van der Waals surface area contributed by atoms with E-state index >= 15 is 0 Å². The molecular formula is C19H24N2O5S. The molecule has 2 aromatic carbocycles. The van der Waals surface area contributed by atoms with E-state index in [9.17, 15) is 13.2 Å². The zero-order valence-electron chi connectivity index (χ0n) is 15.8. The first kappa shape index (κ1) is 20.7. The Labute approximate surface area is 159 Å². The van der Waals surface area contributed by atoms with Crippen molar-refractivity contribution >= 4 is 15.9 Å². The van der Waals surface area contributed by atoms with Crippen LogP contribution in [0.5, 0.6) is 11.5 Å². The summed E-state index contributed by atoms with van der Waals surface area (Å²) >= 11 is 0. The largest absolute Gasteiger partial charge is 0.496 e. The Kier molecular flexibility index (Phi) is 6.81. The summed E-state index contributed by atoms with van der Waals surface area (Å²) in [5.74, 6) is 0.493. The number of sulfonamides is 1. The fourth-order valence-corrected chi connectivity index (χ4v) is 3.92. The molecule has 1 atom stereocenters. The van der Waals surface area contributed by atoms with Crippen molar-refractivity contribution in [2.75, 3.05) is 20.8 Å². The summed E-state index contributed by atoms with van der Waals surface area (Å²) in [6.07, 6.45) is 0. The van der Waals surface area contributed by atoms with E-state index in [1.54, 1.807) is 26.0 Å². The number of hydrogen-bond donors (Lipinski definition) is 2. The van der Waals surface area contributed by atoms with Crippen LogP contribution in [0.3, 0.4) is 0 Å². The van der Waals surface area contributed by atoms with Crippen LogP contribution in [0.4, 0.5) is 0 Å². The zero-order chi connectivity index (χ0) is 20.0. The number of carbonyl (C=O) groups excluding carboxylic acids is 1. The van der Waals surface area contributed by atoms with Gasteiger partial charge >= 0.3 is 0 Å². The monoisotopic (exact) mass is 392 g/mol. The molecule has 0 bridgehead atoms. The van der Waals surface area contributed by atoms with E-state index in [1.165, 1.54) is 32.4 Å². The highest BCUT2D eigenvalue weighted by Crippen LogP contribution is 2.27. The van der Waals surface area contributed by atoms with Gasteiger partial charge in [0, 0.05) is 18.2 Å². The number of amides is 1. The molecule has 0 spiro atoms. The molecule has 7 nitrogen and oxygen atoms in total. The first-order valence-corrected chi connectivity index (χ1v) is 9.93. The number of para-hydroxylation sites is 1. The maximum absolute atomic E-state index is 12.8.